The molecule has 0 amide bonds. The van der Waals surface area contributed by atoms with Crippen LogP contribution in [0.3, 0.4) is 0 Å². The van der Waals surface area contributed by atoms with Gasteiger partial charge in [0.1, 0.15) is 0 Å². The number of rotatable bonds is 8. The van der Waals surface area contributed by atoms with Gasteiger partial charge in [0.25, 0.3) is 0 Å². The maximum absolute atomic E-state index is 9.24. The molecule has 0 aromatic carbocycles. The molecule has 92 valence electrons. The van der Waals surface area contributed by atoms with Crippen LogP contribution in [0.4, 0.5) is 0 Å². The summed E-state index contributed by atoms with van der Waals surface area (Å²) in [5, 5.41) is 10.3. The molecule has 0 saturated carbocycles. The summed E-state index contributed by atoms with van der Waals surface area (Å²) < 4.78 is 0. The van der Waals surface area contributed by atoms with Gasteiger partial charge in [-0.25, -0.2) is 0 Å². The molecule has 1 atom stereocenters. The van der Waals surface area contributed by atoms with Crippen molar-refractivity contribution in [2.24, 2.45) is 5.41 Å². The van der Waals surface area contributed by atoms with Crippen molar-refractivity contribution in [2.75, 3.05) is 25.5 Å². The second-order valence-corrected chi connectivity index (χ2v) is 5.28. The monoisotopic (exact) mass is 279 g/mol. The lowest BCUT2D eigenvalue weighted by Gasteiger charge is -2.34. The Kier molecular flexibility index (Phi) is 7.84. The molecule has 0 aliphatic carbocycles. The molecule has 0 aromatic rings. The number of hydrogen-bond donors (Lipinski definition) is 1. The van der Waals surface area contributed by atoms with Gasteiger partial charge < -0.3 is 10.0 Å². The van der Waals surface area contributed by atoms with Gasteiger partial charge in [-0.15, -0.1) is 0 Å². The largest absolute Gasteiger partial charge is 0.393 e. The van der Waals surface area contributed by atoms with Crippen LogP contribution < -0.4 is 0 Å². The number of halogens is 1. The summed E-state index contributed by atoms with van der Waals surface area (Å²) in [5.41, 5.74) is 0.396. The van der Waals surface area contributed by atoms with Gasteiger partial charge in [0, 0.05) is 18.4 Å². The van der Waals surface area contributed by atoms with Crippen LogP contribution >= 0.6 is 15.9 Å². The first-order chi connectivity index (χ1) is 6.99. The van der Waals surface area contributed by atoms with Gasteiger partial charge in [-0.05, 0) is 38.6 Å². The van der Waals surface area contributed by atoms with Crippen LogP contribution in [0.25, 0.3) is 0 Å². The van der Waals surface area contributed by atoms with Gasteiger partial charge in [0.2, 0.25) is 0 Å². The van der Waals surface area contributed by atoms with Crippen molar-refractivity contribution in [1.82, 2.24) is 4.90 Å². The topological polar surface area (TPSA) is 23.5 Å². The van der Waals surface area contributed by atoms with Crippen LogP contribution in [-0.4, -0.2) is 41.6 Å². The molecule has 0 radical (unpaired) electrons. The van der Waals surface area contributed by atoms with E-state index in [1.54, 1.807) is 0 Å². The molecule has 0 rings (SSSR count). The Morgan fingerprint density at radius 1 is 1.33 bits per heavy atom. The molecule has 0 spiro atoms. The second-order valence-electron chi connectivity index (χ2n) is 4.72. The van der Waals surface area contributed by atoms with Gasteiger partial charge >= 0.3 is 0 Å². The van der Waals surface area contributed by atoms with E-state index in [0.717, 1.165) is 24.8 Å². The molecule has 0 aromatic heterocycles. The highest BCUT2D eigenvalue weighted by molar-refractivity contribution is 9.09. The van der Waals surface area contributed by atoms with E-state index in [0.29, 0.717) is 5.41 Å². The zero-order chi connectivity index (χ0) is 11.9. The van der Waals surface area contributed by atoms with Crippen LogP contribution in [0.5, 0.6) is 0 Å². The maximum Gasteiger partial charge on any atom is 0.0524 e. The van der Waals surface area contributed by atoms with E-state index < -0.39 is 0 Å². The minimum atomic E-state index is -0.186. The average molecular weight is 280 g/mol. The molecule has 0 heterocycles. The van der Waals surface area contributed by atoms with E-state index in [1.807, 2.05) is 6.92 Å². The van der Waals surface area contributed by atoms with Crippen LogP contribution in [-0.2, 0) is 0 Å². The average Bonchev–Trinajstić information content (AvgIpc) is 2.23. The molecule has 3 heteroatoms. The van der Waals surface area contributed by atoms with E-state index in [9.17, 15) is 5.11 Å². The Hall–Kier alpha value is 0.400. The summed E-state index contributed by atoms with van der Waals surface area (Å²) in [6.07, 6.45) is 3.08. The first kappa shape index (κ1) is 15.4. The van der Waals surface area contributed by atoms with E-state index >= 15 is 0 Å². The third-order valence-corrected chi connectivity index (χ3v) is 4.51. The fourth-order valence-electron chi connectivity index (χ4n) is 1.76. The summed E-state index contributed by atoms with van der Waals surface area (Å²) in [6.45, 7) is 8.45. The summed E-state index contributed by atoms with van der Waals surface area (Å²) in [5.74, 6) is 0. The van der Waals surface area contributed by atoms with E-state index in [2.05, 4.69) is 41.7 Å². The van der Waals surface area contributed by atoms with E-state index in [4.69, 9.17) is 0 Å². The van der Waals surface area contributed by atoms with Crippen molar-refractivity contribution < 1.29 is 5.11 Å². The van der Waals surface area contributed by atoms with Crippen molar-refractivity contribution in [3.63, 3.8) is 0 Å². The van der Waals surface area contributed by atoms with Crippen LogP contribution in [0.1, 0.15) is 40.0 Å². The Labute approximate surface area is 103 Å². The fraction of sp³-hybridized carbons (Fsp3) is 1.00. The van der Waals surface area contributed by atoms with Gasteiger partial charge in [0.05, 0.1) is 6.10 Å². The van der Waals surface area contributed by atoms with E-state index in [1.165, 1.54) is 12.8 Å². The van der Waals surface area contributed by atoms with Crippen molar-refractivity contribution in [1.29, 1.82) is 0 Å². The van der Waals surface area contributed by atoms with Crippen molar-refractivity contribution in [3.8, 4) is 0 Å². The highest BCUT2D eigenvalue weighted by Crippen LogP contribution is 2.29. The number of hydrogen-bond acceptors (Lipinski definition) is 2. The summed E-state index contributed by atoms with van der Waals surface area (Å²) >= 11 is 3.63. The van der Waals surface area contributed by atoms with Crippen molar-refractivity contribution in [3.05, 3.63) is 0 Å². The number of aliphatic hydroxyl groups excluding tert-OH is 1. The summed E-state index contributed by atoms with van der Waals surface area (Å²) in [4.78, 5) is 2.33. The molecule has 2 nitrogen and oxygen atoms in total. The molecule has 0 fully saturated rings. The quantitative estimate of drug-likeness (QED) is 0.691. The number of alkyl halides is 1. The molecule has 0 bridgehead atoms. The molecule has 0 aliphatic rings. The van der Waals surface area contributed by atoms with Gasteiger partial charge in [-0.2, -0.15) is 0 Å². The van der Waals surface area contributed by atoms with Crippen molar-refractivity contribution >= 4 is 15.9 Å². The molecule has 1 unspecified atom stereocenters. The predicted octanol–water partition coefficient (Wildman–Crippen LogP) is 2.89. The highest BCUT2D eigenvalue weighted by atomic mass is 79.9. The standard InChI is InChI=1S/C12H26BrNO/c1-5-12(6-2,9-13)10-14(4)8-7-11(3)15/h11,15H,5-10H2,1-4H3. The van der Waals surface area contributed by atoms with Crippen LogP contribution in [0, 0.1) is 5.41 Å². The Balaban J connectivity index is 4.05. The molecule has 15 heavy (non-hydrogen) atoms. The SMILES string of the molecule is CCC(CC)(CBr)CN(C)CCC(C)O. The summed E-state index contributed by atoms with van der Waals surface area (Å²) in [7, 11) is 2.14. The first-order valence-corrected chi connectivity index (χ1v) is 7.04. The lowest BCUT2D eigenvalue weighted by molar-refractivity contribution is 0.139. The van der Waals surface area contributed by atoms with E-state index in [-0.39, 0.29) is 6.10 Å². The molecule has 0 aliphatic heterocycles. The third kappa shape index (κ3) is 5.88. The molecule has 0 saturated heterocycles. The maximum atomic E-state index is 9.24. The highest BCUT2D eigenvalue weighted by Gasteiger charge is 2.26. The number of aliphatic hydroxyl groups is 1. The summed E-state index contributed by atoms with van der Waals surface area (Å²) in [6, 6.07) is 0. The predicted molar refractivity (Wildman–Crippen MR) is 70.6 cm³/mol. The minimum absolute atomic E-state index is 0.186. The van der Waals surface area contributed by atoms with Crippen LogP contribution in [0.2, 0.25) is 0 Å². The zero-order valence-electron chi connectivity index (χ0n) is 10.6. The fourth-order valence-corrected chi connectivity index (χ4v) is 2.73. The molecular weight excluding hydrogens is 254 g/mol. The number of nitrogens with zero attached hydrogens (tertiary/aromatic N) is 1. The smallest absolute Gasteiger partial charge is 0.0524 e. The molecular formula is C12H26BrNO. The van der Waals surface area contributed by atoms with Gasteiger partial charge in [-0.3, -0.25) is 0 Å². The van der Waals surface area contributed by atoms with Gasteiger partial charge in [0.15, 0.2) is 0 Å². The Morgan fingerprint density at radius 2 is 1.87 bits per heavy atom. The minimum Gasteiger partial charge on any atom is -0.393 e. The van der Waals surface area contributed by atoms with Gasteiger partial charge in [-0.1, -0.05) is 29.8 Å². The zero-order valence-corrected chi connectivity index (χ0v) is 12.2. The Bertz CT molecular complexity index is 149. The van der Waals surface area contributed by atoms with Crippen LogP contribution in [0.15, 0.2) is 0 Å². The molecule has 1 N–H and O–H groups in total. The lowest BCUT2D eigenvalue weighted by atomic mass is 9.84. The normalized spacial score (nSPS) is 14.6. The first-order valence-electron chi connectivity index (χ1n) is 5.92. The Morgan fingerprint density at radius 3 is 2.20 bits per heavy atom. The van der Waals surface area contributed by atoms with Crippen molar-refractivity contribution in [2.45, 2.75) is 46.1 Å². The lowest BCUT2D eigenvalue weighted by Crippen LogP contribution is -2.37. The second kappa shape index (κ2) is 7.64. The third-order valence-electron chi connectivity index (χ3n) is 3.32.